The molecule has 0 saturated carbocycles. The molecule has 0 bridgehead atoms. The fraction of sp³-hybridized carbons (Fsp3) is 0.176. The second kappa shape index (κ2) is 6.97. The number of nitrogens with zero attached hydrogens (tertiary/aromatic N) is 3. The summed E-state index contributed by atoms with van der Waals surface area (Å²) in [7, 11) is 0. The zero-order chi connectivity index (χ0) is 19.0. The molecule has 10 heteroatoms. The molecule has 3 heterocycles. The molecular weight excluding hydrogens is 390 g/mol. The monoisotopic (exact) mass is 403 g/mol. The Morgan fingerprint density at radius 3 is 2.81 bits per heavy atom. The van der Waals surface area contributed by atoms with Crippen LogP contribution in [-0.4, -0.2) is 22.2 Å². The Kier molecular flexibility index (Phi) is 4.50. The Bertz CT molecular complexity index is 1160. The Hall–Kier alpha value is -2.98. The average molecular weight is 403 g/mol. The molecule has 0 spiro atoms. The highest BCUT2D eigenvalue weighted by atomic mass is 32.1. The number of thiazole rings is 1. The van der Waals surface area contributed by atoms with Gasteiger partial charge < -0.3 is 14.0 Å². The summed E-state index contributed by atoms with van der Waals surface area (Å²) in [5.41, 5.74) is 0.927. The molecule has 0 saturated heterocycles. The predicted octanol–water partition coefficient (Wildman–Crippen LogP) is 3.56. The van der Waals surface area contributed by atoms with E-state index in [2.05, 4.69) is 4.99 Å². The normalized spacial score (nSPS) is 13.7. The van der Waals surface area contributed by atoms with E-state index in [4.69, 9.17) is 9.47 Å². The molecule has 0 radical (unpaired) electrons. The number of thiophene rings is 1. The molecule has 0 aliphatic carbocycles. The SMILES string of the molecule is CCn1c(=NC(=O)C=Cc2ccc([N+](=O)[O-])s2)sc2cc3c(cc21)OCO3. The lowest BCUT2D eigenvalue weighted by Crippen LogP contribution is -2.15. The van der Waals surface area contributed by atoms with Crippen LogP contribution < -0.4 is 14.3 Å². The fourth-order valence-corrected chi connectivity index (χ4v) is 4.50. The van der Waals surface area contributed by atoms with Crippen molar-refractivity contribution in [2.24, 2.45) is 4.99 Å². The number of amides is 1. The van der Waals surface area contributed by atoms with Crippen molar-refractivity contribution in [2.75, 3.05) is 6.79 Å². The average Bonchev–Trinajstić information content (AvgIpc) is 3.35. The van der Waals surface area contributed by atoms with Crippen LogP contribution in [0.3, 0.4) is 0 Å². The highest BCUT2D eigenvalue weighted by molar-refractivity contribution is 7.16. The molecule has 27 heavy (non-hydrogen) atoms. The molecule has 0 unspecified atom stereocenters. The summed E-state index contributed by atoms with van der Waals surface area (Å²) in [5.74, 6) is 0.934. The van der Waals surface area contributed by atoms with E-state index in [-0.39, 0.29) is 11.8 Å². The molecule has 0 fully saturated rings. The number of aromatic nitrogens is 1. The fourth-order valence-electron chi connectivity index (χ4n) is 2.67. The van der Waals surface area contributed by atoms with E-state index in [1.807, 2.05) is 23.6 Å². The van der Waals surface area contributed by atoms with Gasteiger partial charge in [-0.1, -0.05) is 22.7 Å². The topological polar surface area (TPSA) is 96.0 Å². The first-order valence-corrected chi connectivity index (χ1v) is 9.62. The largest absolute Gasteiger partial charge is 0.454 e. The molecule has 1 aliphatic heterocycles. The summed E-state index contributed by atoms with van der Waals surface area (Å²) in [4.78, 5) is 27.9. The molecule has 1 aliphatic rings. The standard InChI is InChI=1S/C17H13N3O5S2/c1-2-19-11-7-12-13(25-9-24-12)8-14(11)27-17(19)18-15(21)5-3-10-4-6-16(26-10)20(22)23/h3-8H,2,9H2,1H3. The van der Waals surface area contributed by atoms with Gasteiger partial charge in [-0.15, -0.1) is 0 Å². The van der Waals surface area contributed by atoms with Gasteiger partial charge in [-0.05, 0) is 19.1 Å². The van der Waals surface area contributed by atoms with Gasteiger partial charge in [-0.25, -0.2) is 0 Å². The maximum Gasteiger partial charge on any atom is 0.324 e. The lowest BCUT2D eigenvalue weighted by Gasteiger charge is -2.01. The first kappa shape index (κ1) is 17.4. The van der Waals surface area contributed by atoms with Crippen LogP contribution in [0.4, 0.5) is 5.00 Å². The maximum atomic E-state index is 12.2. The minimum Gasteiger partial charge on any atom is -0.454 e. The molecule has 1 aromatic carbocycles. The van der Waals surface area contributed by atoms with E-state index in [1.165, 1.54) is 29.6 Å². The summed E-state index contributed by atoms with van der Waals surface area (Å²) in [6, 6.07) is 6.78. The van der Waals surface area contributed by atoms with Gasteiger partial charge in [-0.3, -0.25) is 14.9 Å². The summed E-state index contributed by atoms with van der Waals surface area (Å²) < 4.78 is 13.7. The van der Waals surface area contributed by atoms with Crippen LogP contribution in [-0.2, 0) is 11.3 Å². The third-order valence-electron chi connectivity index (χ3n) is 3.88. The zero-order valence-electron chi connectivity index (χ0n) is 14.1. The minimum absolute atomic E-state index is 0.0323. The van der Waals surface area contributed by atoms with Gasteiger partial charge >= 0.3 is 5.00 Å². The summed E-state index contributed by atoms with van der Waals surface area (Å²) in [6.07, 6.45) is 2.84. The van der Waals surface area contributed by atoms with Gasteiger partial charge in [-0.2, -0.15) is 4.99 Å². The van der Waals surface area contributed by atoms with Gasteiger partial charge in [0, 0.05) is 35.7 Å². The minimum atomic E-state index is -0.458. The van der Waals surface area contributed by atoms with E-state index in [9.17, 15) is 14.9 Å². The predicted molar refractivity (Wildman–Crippen MR) is 102 cm³/mol. The number of nitro groups is 1. The van der Waals surface area contributed by atoms with Crippen LogP contribution in [0, 0.1) is 10.1 Å². The van der Waals surface area contributed by atoms with Gasteiger partial charge in [0.15, 0.2) is 16.3 Å². The Labute approximate surface area is 160 Å². The Morgan fingerprint density at radius 1 is 1.33 bits per heavy atom. The lowest BCUT2D eigenvalue weighted by molar-refractivity contribution is -0.380. The first-order valence-electron chi connectivity index (χ1n) is 7.99. The van der Waals surface area contributed by atoms with Crippen molar-refractivity contribution in [1.82, 2.24) is 4.57 Å². The van der Waals surface area contributed by atoms with Gasteiger partial charge in [0.05, 0.1) is 15.1 Å². The molecule has 1 amide bonds. The maximum absolute atomic E-state index is 12.2. The second-order valence-electron chi connectivity index (χ2n) is 5.52. The van der Waals surface area contributed by atoms with Crippen molar-refractivity contribution >= 4 is 49.9 Å². The van der Waals surface area contributed by atoms with E-state index in [0.29, 0.717) is 27.7 Å². The van der Waals surface area contributed by atoms with Crippen LogP contribution in [0.1, 0.15) is 11.8 Å². The van der Waals surface area contributed by atoms with E-state index < -0.39 is 10.8 Å². The number of carbonyl (C=O) groups is 1. The van der Waals surface area contributed by atoms with Crippen molar-refractivity contribution < 1.29 is 19.2 Å². The van der Waals surface area contributed by atoms with Crippen LogP contribution in [0.5, 0.6) is 11.5 Å². The van der Waals surface area contributed by atoms with Crippen LogP contribution in [0.2, 0.25) is 0 Å². The number of carbonyl (C=O) groups excluding carboxylic acids is 1. The summed E-state index contributed by atoms with van der Waals surface area (Å²) >= 11 is 2.39. The first-order chi connectivity index (χ1) is 13.0. The lowest BCUT2D eigenvalue weighted by atomic mass is 10.3. The van der Waals surface area contributed by atoms with E-state index in [0.717, 1.165) is 21.6 Å². The molecule has 4 rings (SSSR count). The van der Waals surface area contributed by atoms with Crippen molar-refractivity contribution in [3.63, 3.8) is 0 Å². The van der Waals surface area contributed by atoms with Crippen LogP contribution >= 0.6 is 22.7 Å². The molecule has 8 nitrogen and oxygen atoms in total. The Balaban J connectivity index is 1.66. The highest BCUT2D eigenvalue weighted by Gasteiger charge is 2.17. The molecule has 138 valence electrons. The van der Waals surface area contributed by atoms with Gasteiger partial charge in [0.2, 0.25) is 6.79 Å². The molecular formula is C17H13N3O5S2. The molecule has 3 aromatic rings. The second-order valence-corrected chi connectivity index (χ2v) is 7.62. The number of hydrogen-bond acceptors (Lipinski definition) is 7. The van der Waals surface area contributed by atoms with Crippen molar-refractivity contribution in [1.29, 1.82) is 0 Å². The summed E-state index contributed by atoms with van der Waals surface area (Å²) in [6.45, 7) is 2.83. The zero-order valence-corrected chi connectivity index (χ0v) is 15.7. The van der Waals surface area contributed by atoms with E-state index in [1.54, 1.807) is 6.07 Å². The van der Waals surface area contributed by atoms with Gasteiger partial charge in [0.1, 0.15) is 0 Å². The van der Waals surface area contributed by atoms with E-state index >= 15 is 0 Å². The van der Waals surface area contributed by atoms with Crippen LogP contribution in [0.15, 0.2) is 35.3 Å². The van der Waals surface area contributed by atoms with Gasteiger partial charge in [0.25, 0.3) is 5.91 Å². The number of benzene rings is 1. The van der Waals surface area contributed by atoms with Crippen LogP contribution in [0.25, 0.3) is 16.3 Å². The molecule has 0 atom stereocenters. The molecule has 0 N–H and O–H groups in total. The third-order valence-corrected chi connectivity index (χ3v) is 5.93. The number of ether oxygens (including phenoxy) is 2. The number of fused-ring (bicyclic) bond motifs is 2. The third kappa shape index (κ3) is 3.36. The highest BCUT2D eigenvalue weighted by Crippen LogP contribution is 2.36. The molecule has 2 aromatic heterocycles. The van der Waals surface area contributed by atoms with Crippen molar-refractivity contribution in [3.05, 3.63) is 50.1 Å². The summed E-state index contributed by atoms with van der Waals surface area (Å²) in [5, 5.41) is 10.7. The number of aryl methyl sites for hydroxylation is 1. The van der Waals surface area contributed by atoms with Crippen molar-refractivity contribution in [3.8, 4) is 11.5 Å². The smallest absolute Gasteiger partial charge is 0.324 e. The quantitative estimate of drug-likeness (QED) is 0.377. The Morgan fingerprint density at radius 2 is 2.11 bits per heavy atom. The van der Waals surface area contributed by atoms with Crippen molar-refractivity contribution in [2.45, 2.75) is 13.5 Å². The number of rotatable bonds is 4. The number of hydrogen-bond donors (Lipinski definition) is 0.